The fraction of sp³-hybridized carbons (Fsp3) is 0.400. The molecule has 0 aromatic heterocycles. The van der Waals surface area contributed by atoms with E-state index in [2.05, 4.69) is 15.9 Å². The van der Waals surface area contributed by atoms with Gasteiger partial charge in [0.05, 0.1) is 0 Å². The maximum atomic E-state index is 12.9. The zero-order valence-corrected chi connectivity index (χ0v) is 10.6. The Morgan fingerprint density at radius 2 is 1.69 bits per heavy atom. The molecule has 0 saturated heterocycles. The van der Waals surface area contributed by atoms with E-state index in [1.165, 1.54) is 6.07 Å². The lowest BCUT2D eigenvalue weighted by Gasteiger charge is -2.05. The molecule has 0 aliphatic rings. The first-order valence-corrected chi connectivity index (χ1v) is 5.32. The maximum absolute atomic E-state index is 12.9. The number of benzene rings is 1. The summed E-state index contributed by atoms with van der Waals surface area (Å²) >= 11 is 8.98. The summed E-state index contributed by atoms with van der Waals surface area (Å²) in [6.45, 7) is 7.56. The summed E-state index contributed by atoms with van der Waals surface area (Å²) in [6.07, 6.45) is 0. The van der Waals surface area contributed by atoms with Crippen LogP contribution in [0.25, 0.3) is 0 Å². The average Bonchev–Trinajstić information content (AvgIpc) is 2.15. The van der Waals surface area contributed by atoms with Crippen LogP contribution in [-0.4, -0.2) is 0 Å². The van der Waals surface area contributed by atoms with Crippen molar-refractivity contribution in [2.75, 3.05) is 0 Å². The van der Waals surface area contributed by atoms with Crippen LogP contribution in [-0.2, 0) is 0 Å². The molecule has 0 aliphatic heterocycles. The standard InChI is InChI=1S/C8H7BrClF.C2H6/c1-4-6(10)3-7(11)5(2)8(4)9;1-2/h3H,1-2H3;1-2H3. The van der Waals surface area contributed by atoms with Crippen molar-refractivity contribution in [2.45, 2.75) is 27.7 Å². The van der Waals surface area contributed by atoms with E-state index in [4.69, 9.17) is 11.6 Å². The Morgan fingerprint density at radius 1 is 1.23 bits per heavy atom. The largest absolute Gasteiger partial charge is 0.207 e. The molecule has 3 heteroatoms. The van der Waals surface area contributed by atoms with Crippen molar-refractivity contribution in [3.8, 4) is 0 Å². The van der Waals surface area contributed by atoms with Gasteiger partial charge in [-0.25, -0.2) is 4.39 Å². The number of rotatable bonds is 0. The van der Waals surface area contributed by atoms with E-state index >= 15 is 0 Å². The molecule has 0 heterocycles. The molecular formula is C10H13BrClF. The SMILES string of the molecule is CC.Cc1c(F)cc(Cl)c(C)c1Br. The molecule has 0 radical (unpaired) electrons. The minimum Gasteiger partial charge on any atom is -0.207 e. The van der Waals surface area contributed by atoms with Crippen molar-refractivity contribution in [1.82, 2.24) is 0 Å². The normalized spacial score (nSPS) is 9.15. The summed E-state index contributed by atoms with van der Waals surface area (Å²) in [7, 11) is 0. The third kappa shape index (κ3) is 2.96. The van der Waals surface area contributed by atoms with Crippen LogP contribution in [0.2, 0.25) is 5.02 Å². The summed E-state index contributed by atoms with van der Waals surface area (Å²) in [5.74, 6) is -0.271. The fourth-order valence-corrected chi connectivity index (χ4v) is 1.53. The number of hydrogen-bond acceptors (Lipinski definition) is 0. The Labute approximate surface area is 92.2 Å². The quantitative estimate of drug-likeness (QED) is 0.628. The Bertz CT molecular complexity index is 271. The molecule has 74 valence electrons. The second kappa shape index (κ2) is 5.61. The molecule has 0 unspecified atom stereocenters. The van der Waals surface area contributed by atoms with Crippen molar-refractivity contribution in [3.63, 3.8) is 0 Å². The van der Waals surface area contributed by atoms with Gasteiger partial charge in [-0.15, -0.1) is 0 Å². The van der Waals surface area contributed by atoms with Gasteiger partial charge in [0, 0.05) is 9.50 Å². The van der Waals surface area contributed by atoms with Gasteiger partial charge in [-0.2, -0.15) is 0 Å². The highest BCUT2D eigenvalue weighted by atomic mass is 79.9. The van der Waals surface area contributed by atoms with Gasteiger partial charge in [0.25, 0.3) is 0 Å². The van der Waals surface area contributed by atoms with E-state index in [9.17, 15) is 4.39 Å². The van der Waals surface area contributed by atoms with E-state index in [1.807, 2.05) is 20.8 Å². The van der Waals surface area contributed by atoms with Gasteiger partial charge < -0.3 is 0 Å². The maximum Gasteiger partial charge on any atom is 0.128 e. The van der Waals surface area contributed by atoms with Gasteiger partial charge >= 0.3 is 0 Å². The van der Waals surface area contributed by atoms with Crippen LogP contribution >= 0.6 is 27.5 Å². The molecule has 0 fully saturated rings. The fourth-order valence-electron chi connectivity index (χ4n) is 0.819. The van der Waals surface area contributed by atoms with Gasteiger partial charge in [-0.3, -0.25) is 0 Å². The first-order chi connectivity index (χ1) is 6.04. The average molecular weight is 268 g/mol. The lowest BCUT2D eigenvalue weighted by molar-refractivity contribution is 0.617. The minimum absolute atomic E-state index is 0.271. The van der Waals surface area contributed by atoms with Crippen LogP contribution in [0, 0.1) is 19.7 Å². The second-order valence-electron chi connectivity index (χ2n) is 2.40. The molecule has 13 heavy (non-hydrogen) atoms. The molecular weight excluding hydrogens is 254 g/mol. The Morgan fingerprint density at radius 3 is 2.15 bits per heavy atom. The third-order valence-electron chi connectivity index (χ3n) is 1.63. The van der Waals surface area contributed by atoms with E-state index < -0.39 is 0 Å². The smallest absolute Gasteiger partial charge is 0.128 e. The molecule has 1 aromatic carbocycles. The summed E-state index contributed by atoms with van der Waals surface area (Å²) in [5, 5.41) is 0.458. The van der Waals surface area contributed by atoms with Crippen LogP contribution in [0.4, 0.5) is 4.39 Å². The Balaban J connectivity index is 0.000000671. The van der Waals surface area contributed by atoms with Crippen LogP contribution in [0.15, 0.2) is 10.5 Å². The monoisotopic (exact) mass is 266 g/mol. The van der Waals surface area contributed by atoms with E-state index in [0.29, 0.717) is 10.6 Å². The first-order valence-electron chi connectivity index (χ1n) is 4.14. The predicted octanol–water partition coefficient (Wildman–Crippen LogP) is 4.88. The van der Waals surface area contributed by atoms with Crippen LogP contribution in [0.5, 0.6) is 0 Å². The first kappa shape index (κ1) is 12.9. The van der Waals surface area contributed by atoms with Crippen LogP contribution in [0.3, 0.4) is 0 Å². The topological polar surface area (TPSA) is 0 Å². The van der Waals surface area contributed by atoms with Gasteiger partial charge in [-0.05, 0) is 31.0 Å². The highest BCUT2D eigenvalue weighted by Gasteiger charge is 2.08. The number of hydrogen-bond donors (Lipinski definition) is 0. The highest BCUT2D eigenvalue weighted by Crippen LogP contribution is 2.29. The van der Waals surface area contributed by atoms with Gasteiger partial charge in [0.2, 0.25) is 0 Å². The van der Waals surface area contributed by atoms with Crippen molar-refractivity contribution in [3.05, 3.63) is 32.5 Å². The molecule has 0 saturated carbocycles. The molecule has 0 bridgehead atoms. The van der Waals surface area contributed by atoms with E-state index in [0.717, 1.165) is 10.0 Å². The van der Waals surface area contributed by atoms with Crippen molar-refractivity contribution >= 4 is 27.5 Å². The molecule has 0 nitrogen and oxygen atoms in total. The van der Waals surface area contributed by atoms with Gasteiger partial charge in [0.15, 0.2) is 0 Å². The lowest BCUT2D eigenvalue weighted by atomic mass is 10.1. The van der Waals surface area contributed by atoms with Crippen molar-refractivity contribution < 1.29 is 4.39 Å². The molecule has 0 amide bonds. The number of halogens is 3. The van der Waals surface area contributed by atoms with E-state index in [1.54, 1.807) is 6.92 Å². The van der Waals surface area contributed by atoms with Gasteiger partial charge in [0.1, 0.15) is 5.82 Å². The van der Waals surface area contributed by atoms with Crippen LogP contribution < -0.4 is 0 Å². The van der Waals surface area contributed by atoms with Crippen LogP contribution in [0.1, 0.15) is 25.0 Å². The zero-order valence-electron chi connectivity index (χ0n) is 8.21. The molecule has 0 aliphatic carbocycles. The zero-order chi connectivity index (χ0) is 10.6. The minimum atomic E-state index is -0.271. The predicted molar refractivity (Wildman–Crippen MR) is 59.9 cm³/mol. The molecule has 0 atom stereocenters. The molecule has 1 rings (SSSR count). The second-order valence-corrected chi connectivity index (χ2v) is 3.60. The summed E-state index contributed by atoms with van der Waals surface area (Å²) in [4.78, 5) is 0. The molecule has 0 spiro atoms. The third-order valence-corrected chi connectivity index (χ3v) is 3.21. The lowest BCUT2D eigenvalue weighted by Crippen LogP contribution is -1.88. The van der Waals surface area contributed by atoms with Crippen molar-refractivity contribution in [2.24, 2.45) is 0 Å². The Kier molecular flexibility index (Phi) is 5.57. The Hall–Kier alpha value is -0.0800. The summed E-state index contributed by atoms with van der Waals surface area (Å²) < 4.78 is 13.7. The van der Waals surface area contributed by atoms with Crippen molar-refractivity contribution in [1.29, 1.82) is 0 Å². The summed E-state index contributed by atoms with van der Waals surface area (Å²) in [6, 6.07) is 1.33. The van der Waals surface area contributed by atoms with E-state index in [-0.39, 0.29) is 5.82 Å². The van der Waals surface area contributed by atoms with Gasteiger partial charge in [-0.1, -0.05) is 41.4 Å². The summed E-state index contributed by atoms with van der Waals surface area (Å²) in [5.41, 5.74) is 1.48. The molecule has 0 N–H and O–H groups in total. The highest BCUT2D eigenvalue weighted by molar-refractivity contribution is 9.10. The molecule has 1 aromatic rings.